The molecule has 0 saturated heterocycles. The van der Waals surface area contributed by atoms with Crippen molar-refractivity contribution in [1.82, 2.24) is 4.98 Å². The summed E-state index contributed by atoms with van der Waals surface area (Å²) in [5.41, 5.74) is 1.43. The number of aromatic nitrogens is 1. The van der Waals surface area contributed by atoms with Crippen LogP contribution >= 0.6 is 21.6 Å². The van der Waals surface area contributed by atoms with Gasteiger partial charge in [0.2, 0.25) is 0 Å². The number of thiol groups is 2. The second kappa shape index (κ2) is 2.96. The molecule has 0 bridgehead atoms. The van der Waals surface area contributed by atoms with Gasteiger partial charge in [0.25, 0.3) is 0 Å². The lowest BCUT2D eigenvalue weighted by atomic mass is 10.2. The molecule has 0 aliphatic heterocycles. The van der Waals surface area contributed by atoms with Gasteiger partial charge in [-0.3, -0.25) is 4.98 Å². The highest BCUT2D eigenvalue weighted by Crippen LogP contribution is 2.65. The molecular weight excluding hydrogens is 186 g/mol. The molecule has 1 nitrogen and oxygen atoms in total. The molecule has 1 aromatic heterocycles. The summed E-state index contributed by atoms with van der Waals surface area (Å²) < 4.78 is 0.432. The van der Waals surface area contributed by atoms with Gasteiger partial charge in [-0.15, -0.1) is 11.7 Å². The topological polar surface area (TPSA) is 12.9 Å². The Morgan fingerprint density at radius 3 is 2.42 bits per heavy atom. The lowest BCUT2D eigenvalue weighted by molar-refractivity contribution is 1.02. The Morgan fingerprint density at radius 2 is 2.00 bits per heavy atom. The van der Waals surface area contributed by atoms with Crippen molar-refractivity contribution in [3.8, 4) is 0 Å². The number of hydrogen-bond acceptors (Lipinski definition) is 2. The van der Waals surface area contributed by atoms with Crippen molar-refractivity contribution in [2.45, 2.75) is 17.6 Å². The van der Waals surface area contributed by atoms with E-state index in [1.165, 1.54) is 18.4 Å². The van der Waals surface area contributed by atoms with Gasteiger partial charge in [0, 0.05) is 17.1 Å². The van der Waals surface area contributed by atoms with Crippen molar-refractivity contribution in [2.24, 2.45) is 0 Å². The molecule has 1 heterocycles. The highest BCUT2D eigenvalue weighted by Gasteiger charge is 2.46. The monoisotopic (exact) mass is 199 g/mol. The summed E-state index contributed by atoms with van der Waals surface area (Å²) in [6.07, 6.45) is 8.61. The minimum absolute atomic E-state index is 0.142. The first-order valence-corrected chi connectivity index (χ1v) is 7.03. The quantitative estimate of drug-likeness (QED) is 0.551. The first kappa shape index (κ1) is 8.45. The number of hydrogen-bond donors (Lipinski definition) is 2. The van der Waals surface area contributed by atoms with E-state index in [0.29, 0.717) is 4.75 Å². The molecule has 0 spiro atoms. The summed E-state index contributed by atoms with van der Waals surface area (Å²) in [4.78, 5) is 4.03. The van der Waals surface area contributed by atoms with Crippen LogP contribution in [0.25, 0.3) is 0 Å². The van der Waals surface area contributed by atoms with Gasteiger partial charge in [0.1, 0.15) is 0 Å². The van der Waals surface area contributed by atoms with Crippen molar-refractivity contribution in [2.75, 3.05) is 6.26 Å². The van der Waals surface area contributed by atoms with Gasteiger partial charge in [0.15, 0.2) is 0 Å². The molecule has 0 N–H and O–H groups in total. The Kier molecular flexibility index (Phi) is 2.09. The summed E-state index contributed by atoms with van der Waals surface area (Å²) in [7, 11) is -0.142. The summed E-state index contributed by atoms with van der Waals surface area (Å²) in [5.74, 6) is 0. The Bertz CT molecular complexity index is 267. The Labute approximate surface area is 80.8 Å². The highest BCUT2D eigenvalue weighted by molar-refractivity contribution is 8.78. The van der Waals surface area contributed by atoms with Crippen LogP contribution in [0.4, 0.5) is 0 Å². The minimum Gasteiger partial charge on any atom is -0.265 e. The Morgan fingerprint density at radius 1 is 1.42 bits per heavy atom. The molecule has 1 aliphatic rings. The van der Waals surface area contributed by atoms with E-state index in [1.807, 2.05) is 12.4 Å². The maximum atomic E-state index is 4.60. The largest absolute Gasteiger partial charge is 0.265 e. The van der Waals surface area contributed by atoms with Crippen LogP contribution in [0.1, 0.15) is 18.4 Å². The molecular formula is C9H13NS2. The summed E-state index contributed by atoms with van der Waals surface area (Å²) in [6.45, 7) is 0. The molecule has 0 radical (unpaired) electrons. The number of nitrogens with zero attached hydrogens (tertiary/aromatic N) is 1. The molecule has 1 saturated carbocycles. The third kappa shape index (κ3) is 1.25. The Balaban J connectivity index is 2.31. The van der Waals surface area contributed by atoms with Crippen molar-refractivity contribution >= 4 is 21.6 Å². The van der Waals surface area contributed by atoms with E-state index in [2.05, 4.69) is 35.0 Å². The fourth-order valence-electron chi connectivity index (χ4n) is 1.58. The van der Waals surface area contributed by atoms with Crippen LogP contribution in [-0.4, -0.2) is 11.2 Å². The molecule has 66 valence electrons. The lowest BCUT2D eigenvalue weighted by Crippen LogP contribution is -2.02. The third-order valence-electron chi connectivity index (χ3n) is 2.56. The van der Waals surface area contributed by atoms with E-state index in [1.54, 1.807) is 0 Å². The van der Waals surface area contributed by atoms with Crippen LogP contribution in [-0.2, 0) is 4.75 Å². The Hall–Kier alpha value is -0.150. The van der Waals surface area contributed by atoms with E-state index in [9.17, 15) is 0 Å². The molecule has 2 rings (SSSR count). The van der Waals surface area contributed by atoms with E-state index < -0.39 is 0 Å². The van der Waals surface area contributed by atoms with Crippen LogP contribution in [0.2, 0.25) is 0 Å². The molecule has 1 fully saturated rings. The second-order valence-corrected chi connectivity index (χ2v) is 6.99. The summed E-state index contributed by atoms with van der Waals surface area (Å²) in [6, 6.07) is 4.25. The number of rotatable bonds is 2. The van der Waals surface area contributed by atoms with Crippen LogP contribution in [0, 0.1) is 0 Å². The van der Waals surface area contributed by atoms with Crippen molar-refractivity contribution < 1.29 is 0 Å². The molecule has 1 aromatic rings. The van der Waals surface area contributed by atoms with Crippen LogP contribution < -0.4 is 0 Å². The highest BCUT2D eigenvalue weighted by atomic mass is 33.1. The molecule has 1 unspecified atom stereocenters. The van der Waals surface area contributed by atoms with Gasteiger partial charge in [0.05, 0.1) is 0 Å². The molecule has 1 atom stereocenters. The predicted molar refractivity (Wildman–Crippen MR) is 59.0 cm³/mol. The second-order valence-electron chi connectivity index (χ2n) is 3.29. The average molecular weight is 199 g/mol. The average Bonchev–Trinajstić information content (AvgIpc) is 2.86. The van der Waals surface area contributed by atoms with Crippen LogP contribution in [0.15, 0.2) is 24.5 Å². The molecule has 0 amide bonds. The van der Waals surface area contributed by atoms with Gasteiger partial charge >= 0.3 is 0 Å². The predicted octanol–water partition coefficient (Wildman–Crippen LogP) is 2.55. The van der Waals surface area contributed by atoms with Gasteiger partial charge in [-0.05, 0) is 36.8 Å². The van der Waals surface area contributed by atoms with Gasteiger partial charge in [-0.1, -0.05) is 0 Å². The van der Waals surface area contributed by atoms with E-state index in [4.69, 9.17) is 0 Å². The first-order valence-electron chi connectivity index (χ1n) is 4.09. The van der Waals surface area contributed by atoms with E-state index in [0.717, 1.165) is 0 Å². The maximum absolute atomic E-state index is 4.60. The zero-order valence-electron chi connectivity index (χ0n) is 7.07. The van der Waals surface area contributed by atoms with Crippen molar-refractivity contribution in [3.05, 3.63) is 30.1 Å². The van der Waals surface area contributed by atoms with E-state index >= 15 is 0 Å². The van der Waals surface area contributed by atoms with Gasteiger partial charge < -0.3 is 0 Å². The smallest absolute Gasteiger partial charge is 0.0308 e. The zero-order chi connectivity index (χ0) is 8.60. The zero-order valence-corrected chi connectivity index (χ0v) is 8.85. The van der Waals surface area contributed by atoms with Gasteiger partial charge in [-0.2, -0.15) is 0 Å². The lowest BCUT2D eigenvalue weighted by Gasteiger charge is -2.22. The fraction of sp³-hybridized carbons (Fsp3) is 0.444. The fourth-order valence-corrected chi connectivity index (χ4v) is 3.81. The van der Waals surface area contributed by atoms with Crippen LogP contribution in [0.3, 0.4) is 0 Å². The maximum Gasteiger partial charge on any atom is 0.0308 e. The molecule has 12 heavy (non-hydrogen) atoms. The molecule has 0 aromatic carbocycles. The summed E-state index contributed by atoms with van der Waals surface area (Å²) >= 11 is 4.60. The third-order valence-corrected chi connectivity index (χ3v) is 5.65. The first-order chi connectivity index (χ1) is 5.76. The van der Waals surface area contributed by atoms with Crippen LogP contribution in [0.5, 0.6) is 0 Å². The normalized spacial score (nSPS) is 23.3. The van der Waals surface area contributed by atoms with Crippen molar-refractivity contribution in [3.63, 3.8) is 0 Å². The minimum atomic E-state index is -0.142. The number of pyridine rings is 1. The standard InChI is InChI=1S/C9H13NS2/c1-12(11)9(4-5-9)8-2-6-10-7-3-8/h2-3,6-7,11-12H,4-5H2,1H3. The van der Waals surface area contributed by atoms with E-state index in [-0.39, 0.29) is 9.93 Å². The molecule has 1 aliphatic carbocycles. The van der Waals surface area contributed by atoms with Gasteiger partial charge in [-0.25, -0.2) is 9.93 Å². The summed E-state index contributed by atoms with van der Waals surface area (Å²) in [5, 5.41) is 0. The SMILES string of the molecule is C[SH](S)C1(c2ccncc2)CC1. The van der Waals surface area contributed by atoms with Crippen molar-refractivity contribution in [1.29, 1.82) is 0 Å². The molecule has 3 heteroatoms.